The minimum absolute atomic E-state index is 0.145. The molecule has 6 heteroatoms. The molecule has 0 saturated heterocycles. The molecule has 150 valence electrons. The van der Waals surface area contributed by atoms with E-state index in [0.29, 0.717) is 16.7 Å². The third-order valence-electron chi connectivity index (χ3n) is 4.34. The fourth-order valence-electron chi connectivity index (χ4n) is 3.08. The highest BCUT2D eigenvalue weighted by Crippen LogP contribution is 2.25. The largest absolute Gasteiger partial charge is 0.443 e. The van der Waals surface area contributed by atoms with Crippen LogP contribution in [0.5, 0.6) is 0 Å². The Balaban J connectivity index is 2.10. The van der Waals surface area contributed by atoms with E-state index in [2.05, 4.69) is 0 Å². The summed E-state index contributed by atoms with van der Waals surface area (Å²) in [4.78, 5) is 39.7. The number of fused-ring (bicyclic) bond motifs is 1. The summed E-state index contributed by atoms with van der Waals surface area (Å²) >= 11 is 0. The monoisotopic (exact) mass is 392 g/mol. The summed E-state index contributed by atoms with van der Waals surface area (Å²) in [5.41, 5.74) is 1.00. The summed E-state index contributed by atoms with van der Waals surface area (Å²) in [6, 6.07) is 8.89. The summed E-state index contributed by atoms with van der Waals surface area (Å²) < 4.78 is 6.80. The van der Waals surface area contributed by atoms with Crippen LogP contribution in [0.4, 0.5) is 4.79 Å². The Morgan fingerprint density at radius 3 is 2.45 bits per heavy atom. The highest BCUT2D eigenvalue weighted by atomic mass is 16.6. The van der Waals surface area contributed by atoms with Crippen molar-refractivity contribution in [2.24, 2.45) is 0 Å². The SMILES string of the molecule is CC(=O)C1=CN(C)C=C/C1=C\C(=O)c1cc2ccccc2n1C(=O)OC(C)(C)C. The van der Waals surface area contributed by atoms with Gasteiger partial charge in [-0.15, -0.1) is 0 Å². The fourth-order valence-corrected chi connectivity index (χ4v) is 3.08. The Labute approximate surface area is 169 Å². The molecule has 1 aromatic heterocycles. The van der Waals surface area contributed by atoms with Crippen molar-refractivity contribution in [1.29, 1.82) is 0 Å². The van der Waals surface area contributed by atoms with Gasteiger partial charge in [0.1, 0.15) is 11.3 Å². The molecule has 0 N–H and O–H groups in total. The van der Waals surface area contributed by atoms with Crippen LogP contribution in [0.3, 0.4) is 0 Å². The van der Waals surface area contributed by atoms with Gasteiger partial charge < -0.3 is 9.64 Å². The molecule has 3 rings (SSSR count). The van der Waals surface area contributed by atoms with Gasteiger partial charge in [0.2, 0.25) is 5.78 Å². The minimum atomic E-state index is -0.706. The molecule has 0 saturated carbocycles. The lowest BCUT2D eigenvalue weighted by Gasteiger charge is -2.21. The zero-order valence-electron chi connectivity index (χ0n) is 17.2. The van der Waals surface area contributed by atoms with Crippen molar-refractivity contribution in [3.8, 4) is 0 Å². The third kappa shape index (κ3) is 4.37. The normalized spacial score (nSPS) is 15.6. The summed E-state index contributed by atoms with van der Waals surface area (Å²) in [6.45, 7) is 6.77. The Bertz CT molecular complexity index is 1090. The van der Waals surface area contributed by atoms with Crippen molar-refractivity contribution in [2.45, 2.75) is 33.3 Å². The number of aromatic nitrogens is 1. The molecular weight excluding hydrogens is 368 g/mol. The molecule has 2 aromatic rings. The first-order valence-electron chi connectivity index (χ1n) is 9.30. The van der Waals surface area contributed by atoms with Crippen LogP contribution in [0, 0.1) is 0 Å². The van der Waals surface area contributed by atoms with E-state index in [1.54, 1.807) is 69.4 Å². The number of carbonyl (C=O) groups is 3. The van der Waals surface area contributed by atoms with E-state index in [1.165, 1.54) is 17.6 Å². The minimum Gasteiger partial charge on any atom is -0.443 e. The van der Waals surface area contributed by atoms with E-state index in [-0.39, 0.29) is 17.3 Å². The molecule has 6 nitrogen and oxygen atoms in total. The van der Waals surface area contributed by atoms with Gasteiger partial charge in [-0.1, -0.05) is 18.2 Å². The number of rotatable bonds is 3. The quantitative estimate of drug-likeness (QED) is 0.570. The van der Waals surface area contributed by atoms with E-state index < -0.39 is 11.7 Å². The number of ether oxygens (including phenoxy) is 1. The van der Waals surface area contributed by atoms with Gasteiger partial charge in [-0.05, 0) is 57.6 Å². The second-order valence-corrected chi connectivity index (χ2v) is 7.95. The average Bonchev–Trinajstić information content (AvgIpc) is 3.01. The molecule has 0 radical (unpaired) electrons. The predicted octanol–water partition coefficient (Wildman–Crippen LogP) is 4.47. The van der Waals surface area contributed by atoms with Crippen LogP contribution < -0.4 is 0 Å². The van der Waals surface area contributed by atoms with Gasteiger partial charge in [0.05, 0.1) is 5.52 Å². The van der Waals surface area contributed by atoms with Gasteiger partial charge in [-0.3, -0.25) is 9.59 Å². The average molecular weight is 392 g/mol. The van der Waals surface area contributed by atoms with Gasteiger partial charge in [0.25, 0.3) is 0 Å². The number of para-hydroxylation sites is 1. The van der Waals surface area contributed by atoms with Crippen molar-refractivity contribution in [3.05, 3.63) is 71.7 Å². The van der Waals surface area contributed by atoms with Gasteiger partial charge in [-0.25, -0.2) is 9.36 Å². The predicted molar refractivity (Wildman–Crippen MR) is 112 cm³/mol. The molecule has 0 bridgehead atoms. The molecule has 0 aliphatic carbocycles. The molecule has 0 spiro atoms. The van der Waals surface area contributed by atoms with E-state index >= 15 is 0 Å². The van der Waals surface area contributed by atoms with Gasteiger partial charge in [0, 0.05) is 30.4 Å². The van der Waals surface area contributed by atoms with Crippen LogP contribution in [0.2, 0.25) is 0 Å². The molecule has 1 aliphatic heterocycles. The van der Waals surface area contributed by atoms with Crippen LogP contribution in [0.15, 0.2) is 66.0 Å². The zero-order valence-corrected chi connectivity index (χ0v) is 17.2. The summed E-state index contributed by atoms with van der Waals surface area (Å²) in [5, 5.41) is 0.751. The Kier molecular flexibility index (Phi) is 5.29. The van der Waals surface area contributed by atoms with Crippen molar-refractivity contribution in [2.75, 3.05) is 7.05 Å². The Hall–Kier alpha value is -3.41. The second kappa shape index (κ2) is 7.54. The highest BCUT2D eigenvalue weighted by molar-refractivity contribution is 6.12. The molecule has 0 atom stereocenters. The van der Waals surface area contributed by atoms with Gasteiger partial charge >= 0.3 is 6.09 Å². The molecule has 29 heavy (non-hydrogen) atoms. The van der Waals surface area contributed by atoms with Crippen LogP contribution in [-0.2, 0) is 9.53 Å². The first-order chi connectivity index (χ1) is 13.6. The maximum atomic E-state index is 13.1. The van der Waals surface area contributed by atoms with Gasteiger partial charge in [-0.2, -0.15) is 0 Å². The molecule has 0 unspecified atom stereocenters. The number of ketones is 2. The van der Waals surface area contributed by atoms with E-state index in [9.17, 15) is 14.4 Å². The van der Waals surface area contributed by atoms with Crippen LogP contribution in [0.25, 0.3) is 10.9 Å². The number of Topliss-reactive ketones (excluding diaryl/α,β-unsaturated/α-hetero) is 1. The number of allylic oxidation sites excluding steroid dienone is 4. The topological polar surface area (TPSA) is 68.6 Å². The number of carbonyl (C=O) groups excluding carboxylic acids is 3. The lowest BCUT2D eigenvalue weighted by molar-refractivity contribution is -0.113. The summed E-state index contributed by atoms with van der Waals surface area (Å²) in [5.74, 6) is -0.531. The maximum Gasteiger partial charge on any atom is 0.419 e. The fraction of sp³-hybridized carbons (Fsp3) is 0.261. The molecule has 0 amide bonds. The van der Waals surface area contributed by atoms with E-state index in [1.807, 2.05) is 12.1 Å². The number of benzene rings is 1. The van der Waals surface area contributed by atoms with E-state index in [0.717, 1.165) is 5.39 Å². The van der Waals surface area contributed by atoms with Crippen LogP contribution in [-0.4, -0.2) is 39.8 Å². The smallest absolute Gasteiger partial charge is 0.419 e. The van der Waals surface area contributed by atoms with E-state index in [4.69, 9.17) is 4.74 Å². The van der Waals surface area contributed by atoms with Crippen molar-refractivity contribution >= 4 is 28.6 Å². The maximum absolute atomic E-state index is 13.1. The summed E-state index contributed by atoms with van der Waals surface area (Å²) in [6.07, 6.45) is 5.89. The lowest BCUT2D eigenvalue weighted by Crippen LogP contribution is -2.28. The molecule has 1 aliphatic rings. The summed E-state index contributed by atoms with van der Waals surface area (Å²) in [7, 11) is 1.80. The molecule has 1 aromatic carbocycles. The van der Waals surface area contributed by atoms with Crippen molar-refractivity contribution < 1.29 is 19.1 Å². The first-order valence-corrected chi connectivity index (χ1v) is 9.30. The van der Waals surface area contributed by atoms with Gasteiger partial charge in [0.15, 0.2) is 5.78 Å². The zero-order chi connectivity index (χ0) is 21.3. The number of hydrogen-bond acceptors (Lipinski definition) is 5. The first kappa shape index (κ1) is 20.3. The van der Waals surface area contributed by atoms with Crippen LogP contribution >= 0.6 is 0 Å². The highest BCUT2D eigenvalue weighted by Gasteiger charge is 2.25. The Morgan fingerprint density at radius 1 is 1.10 bits per heavy atom. The number of nitrogens with zero attached hydrogens (tertiary/aromatic N) is 2. The lowest BCUT2D eigenvalue weighted by atomic mass is 9.99. The second-order valence-electron chi connectivity index (χ2n) is 7.95. The standard InChI is InChI=1S/C23H24N2O4/c1-15(26)18-14-24(5)11-10-16(18)13-21(27)20-12-17-8-6-7-9-19(17)25(20)22(28)29-23(2,3)4/h6-14H,1-5H3/b16-13+. The molecule has 2 heterocycles. The van der Waals surface area contributed by atoms with Crippen LogP contribution in [0.1, 0.15) is 38.2 Å². The third-order valence-corrected chi connectivity index (χ3v) is 4.34. The van der Waals surface area contributed by atoms with Crippen molar-refractivity contribution in [3.63, 3.8) is 0 Å². The molecule has 0 fully saturated rings. The Morgan fingerprint density at radius 2 is 1.79 bits per heavy atom. The van der Waals surface area contributed by atoms with Crippen molar-refractivity contribution in [1.82, 2.24) is 9.47 Å². The number of hydrogen-bond donors (Lipinski definition) is 0. The molecular formula is C23H24N2O4.